The molecule has 0 amide bonds. The molecule has 0 saturated heterocycles. The molecule has 0 aromatic heterocycles. The Bertz CT molecular complexity index is 2800. The number of benzene rings is 9. The first-order chi connectivity index (χ1) is 30.4. The van der Waals surface area contributed by atoms with Crippen LogP contribution in [0.5, 0.6) is 34.5 Å². The van der Waals surface area contributed by atoms with Gasteiger partial charge < -0.3 is 18.9 Å². The maximum absolute atomic E-state index is 11.8. The number of fused-ring (bicyclic) bond motifs is 2. The molecule has 9 aromatic rings. The molecule has 0 aliphatic heterocycles. The van der Waals surface area contributed by atoms with E-state index in [0.717, 1.165) is 54.9 Å². The average molecular weight is 817 g/mol. The molecule has 0 fully saturated rings. The lowest BCUT2D eigenvalue weighted by Crippen LogP contribution is -1.99. The Morgan fingerprint density at radius 3 is 1.03 bits per heavy atom. The maximum Gasteiger partial charge on any atom is 0.311 e. The van der Waals surface area contributed by atoms with Crippen LogP contribution >= 0.6 is 0 Å². The molecular weight excluding hydrogens is 781 g/mol. The Hall–Kier alpha value is -8.50. The highest BCUT2D eigenvalue weighted by Crippen LogP contribution is 2.45. The lowest BCUT2D eigenvalue weighted by molar-refractivity contribution is -0.386. The summed E-state index contributed by atoms with van der Waals surface area (Å²) in [7, 11) is 0. The maximum atomic E-state index is 11.8. The molecule has 0 spiro atoms. The van der Waals surface area contributed by atoms with E-state index in [-0.39, 0.29) is 36.1 Å². The van der Waals surface area contributed by atoms with Crippen molar-refractivity contribution >= 4 is 32.9 Å². The number of nitro groups is 2. The summed E-state index contributed by atoms with van der Waals surface area (Å²) in [6.45, 7) is 0.356. The van der Waals surface area contributed by atoms with Crippen LogP contribution in [0.1, 0.15) is 11.1 Å². The third-order valence-electron chi connectivity index (χ3n) is 10.4. The molecule has 0 N–H and O–H groups in total. The van der Waals surface area contributed by atoms with Gasteiger partial charge in [-0.15, -0.1) is 0 Å². The van der Waals surface area contributed by atoms with Crippen molar-refractivity contribution in [2.45, 2.75) is 13.2 Å². The lowest BCUT2D eigenvalue weighted by atomic mass is 9.86. The smallest absolute Gasteiger partial charge is 0.311 e. The van der Waals surface area contributed by atoms with Crippen LogP contribution in [0.2, 0.25) is 0 Å². The van der Waals surface area contributed by atoms with Crippen molar-refractivity contribution in [1.29, 1.82) is 0 Å². The largest absolute Gasteiger partial charge is 0.482 e. The second-order valence-electron chi connectivity index (χ2n) is 14.4. The number of nitro benzene ring substituents is 2. The molecule has 0 aliphatic rings. The fourth-order valence-corrected chi connectivity index (χ4v) is 7.52. The Kier molecular flexibility index (Phi) is 10.9. The highest BCUT2D eigenvalue weighted by molar-refractivity contribution is 6.21. The van der Waals surface area contributed by atoms with Crippen LogP contribution < -0.4 is 18.9 Å². The van der Waals surface area contributed by atoms with Gasteiger partial charge in [0.2, 0.25) is 11.5 Å². The fourth-order valence-electron chi connectivity index (χ4n) is 7.52. The molecule has 0 heterocycles. The van der Waals surface area contributed by atoms with Gasteiger partial charge in [0.15, 0.2) is 0 Å². The van der Waals surface area contributed by atoms with E-state index in [2.05, 4.69) is 24.3 Å². The van der Waals surface area contributed by atoms with E-state index in [0.29, 0.717) is 23.0 Å². The number of hydrogen-bond acceptors (Lipinski definition) is 8. The zero-order valence-electron chi connectivity index (χ0n) is 33.0. The summed E-state index contributed by atoms with van der Waals surface area (Å²) in [5, 5.41) is 27.8. The molecule has 10 heteroatoms. The summed E-state index contributed by atoms with van der Waals surface area (Å²) in [6.07, 6.45) is 0. The summed E-state index contributed by atoms with van der Waals surface area (Å²) < 4.78 is 24.1. The third kappa shape index (κ3) is 8.34. The minimum Gasteiger partial charge on any atom is -0.482 e. The topological polar surface area (TPSA) is 123 Å². The fraction of sp³-hybridized carbons (Fsp3) is 0.0385. The third-order valence-corrected chi connectivity index (χ3v) is 10.4. The average Bonchev–Trinajstić information content (AvgIpc) is 3.30. The van der Waals surface area contributed by atoms with E-state index in [1.165, 1.54) is 12.1 Å². The first-order valence-corrected chi connectivity index (χ1v) is 19.8. The van der Waals surface area contributed by atoms with Crippen molar-refractivity contribution in [3.05, 3.63) is 225 Å². The van der Waals surface area contributed by atoms with E-state index >= 15 is 0 Å². The monoisotopic (exact) mass is 816 g/mol. The van der Waals surface area contributed by atoms with Crippen molar-refractivity contribution < 1.29 is 28.8 Å². The van der Waals surface area contributed by atoms with Crippen LogP contribution in [0.4, 0.5) is 11.4 Å². The van der Waals surface area contributed by atoms with Crippen molar-refractivity contribution in [1.82, 2.24) is 0 Å². The Morgan fingerprint density at radius 2 is 0.694 bits per heavy atom. The molecule has 302 valence electrons. The Morgan fingerprint density at radius 1 is 0.371 bits per heavy atom. The predicted octanol–water partition coefficient (Wildman–Crippen LogP) is 13.9. The van der Waals surface area contributed by atoms with Gasteiger partial charge in [-0.05, 0) is 91.3 Å². The minimum absolute atomic E-state index is 0.122. The molecule has 0 bridgehead atoms. The summed E-state index contributed by atoms with van der Waals surface area (Å²) in [5.41, 5.74) is 5.62. The van der Waals surface area contributed by atoms with Gasteiger partial charge in [0.05, 0.1) is 9.85 Å². The number of rotatable bonds is 14. The summed E-state index contributed by atoms with van der Waals surface area (Å²) in [6, 6.07) is 60.2. The second kappa shape index (κ2) is 17.4. The molecule has 9 rings (SSSR count). The van der Waals surface area contributed by atoms with Gasteiger partial charge in [0.25, 0.3) is 0 Å². The molecule has 10 nitrogen and oxygen atoms in total. The standard InChI is InChI=1S/C52H36N2O8/c55-53(56)47-29-27-41(31-49(47)59-33-35-11-3-1-4-12-35)61-39-23-19-37(20-24-39)51-43-15-7-9-17-45(43)52(46-18-10-8-16-44(46)51)38-21-25-40(26-22-38)62-42-28-30-48(54(57)58)50(32-42)60-34-36-13-5-2-6-14-36/h1-32H,33-34H2. The molecule has 9 aromatic carbocycles. The Labute approximate surface area is 356 Å². The van der Waals surface area contributed by atoms with Crippen molar-refractivity contribution in [3.63, 3.8) is 0 Å². The molecule has 62 heavy (non-hydrogen) atoms. The van der Waals surface area contributed by atoms with Crippen molar-refractivity contribution in [2.24, 2.45) is 0 Å². The summed E-state index contributed by atoms with van der Waals surface area (Å²) >= 11 is 0. The van der Waals surface area contributed by atoms with E-state index in [9.17, 15) is 20.2 Å². The van der Waals surface area contributed by atoms with Crippen LogP contribution in [-0.4, -0.2) is 9.85 Å². The van der Waals surface area contributed by atoms with E-state index in [1.807, 2.05) is 133 Å². The van der Waals surface area contributed by atoms with Gasteiger partial charge >= 0.3 is 11.4 Å². The Balaban J connectivity index is 0.987. The first-order valence-electron chi connectivity index (χ1n) is 19.8. The summed E-state index contributed by atoms with van der Waals surface area (Å²) in [4.78, 5) is 22.6. The number of nitrogens with zero attached hydrogens (tertiary/aromatic N) is 2. The van der Waals surface area contributed by atoms with E-state index in [4.69, 9.17) is 18.9 Å². The van der Waals surface area contributed by atoms with E-state index < -0.39 is 9.85 Å². The molecule has 0 unspecified atom stereocenters. The van der Waals surface area contributed by atoms with E-state index in [1.54, 1.807) is 24.3 Å². The van der Waals surface area contributed by atoms with Gasteiger partial charge in [-0.25, -0.2) is 0 Å². The normalized spacial score (nSPS) is 11.0. The zero-order valence-corrected chi connectivity index (χ0v) is 33.0. The van der Waals surface area contributed by atoms with Crippen LogP contribution in [0.25, 0.3) is 43.8 Å². The highest BCUT2D eigenvalue weighted by atomic mass is 16.6. The SMILES string of the molecule is O=[N+]([O-])c1ccc(Oc2ccc(-c3c4ccccc4c(-c4ccc(Oc5ccc([N+](=O)[O-])c(OCc6ccccc6)c5)cc4)c4ccccc34)cc2)cc1OCc1ccccc1. The zero-order chi connectivity index (χ0) is 42.4. The second-order valence-corrected chi connectivity index (χ2v) is 14.4. The van der Waals surface area contributed by atoms with Gasteiger partial charge in [0, 0.05) is 24.3 Å². The van der Waals surface area contributed by atoms with Crippen LogP contribution in [0.3, 0.4) is 0 Å². The van der Waals surface area contributed by atoms with Gasteiger partial charge in [-0.3, -0.25) is 20.2 Å². The summed E-state index contributed by atoms with van der Waals surface area (Å²) in [5.74, 6) is 2.19. The quantitative estimate of drug-likeness (QED) is 0.0604. The van der Waals surface area contributed by atoms with Crippen molar-refractivity contribution in [2.75, 3.05) is 0 Å². The predicted molar refractivity (Wildman–Crippen MR) is 240 cm³/mol. The molecular formula is C52H36N2O8. The highest BCUT2D eigenvalue weighted by Gasteiger charge is 2.20. The van der Waals surface area contributed by atoms with Gasteiger partial charge in [-0.2, -0.15) is 0 Å². The number of hydrogen-bond donors (Lipinski definition) is 0. The number of ether oxygens (including phenoxy) is 4. The van der Waals surface area contributed by atoms with Crippen LogP contribution in [0, 0.1) is 20.2 Å². The molecule has 0 aliphatic carbocycles. The van der Waals surface area contributed by atoms with Gasteiger partial charge in [0.1, 0.15) is 36.2 Å². The molecule has 0 saturated carbocycles. The van der Waals surface area contributed by atoms with Gasteiger partial charge in [-0.1, -0.05) is 133 Å². The van der Waals surface area contributed by atoms with Crippen LogP contribution in [0.15, 0.2) is 194 Å². The molecule has 0 radical (unpaired) electrons. The minimum atomic E-state index is -0.466. The first kappa shape index (κ1) is 39.0. The lowest BCUT2D eigenvalue weighted by Gasteiger charge is -2.18. The van der Waals surface area contributed by atoms with Crippen molar-refractivity contribution in [3.8, 4) is 56.8 Å². The molecule has 0 atom stereocenters. The van der Waals surface area contributed by atoms with Crippen LogP contribution in [-0.2, 0) is 13.2 Å².